The number of hydrogen-bond acceptors (Lipinski definition) is 3. The molecule has 1 saturated carbocycles. The van der Waals surface area contributed by atoms with Crippen molar-refractivity contribution in [2.45, 2.75) is 38.3 Å². The van der Waals surface area contributed by atoms with E-state index in [1.807, 2.05) is 66.4 Å². The van der Waals surface area contributed by atoms with Crippen molar-refractivity contribution in [1.82, 2.24) is 0 Å². The predicted octanol–water partition coefficient (Wildman–Crippen LogP) is 5.20. The number of rotatable bonds is 4. The van der Waals surface area contributed by atoms with Gasteiger partial charge in [0, 0.05) is 23.3 Å². The van der Waals surface area contributed by atoms with Crippen molar-refractivity contribution in [3.63, 3.8) is 0 Å². The minimum atomic E-state index is -0.154. The minimum absolute atomic E-state index is 0.0827. The van der Waals surface area contributed by atoms with Crippen molar-refractivity contribution in [3.8, 4) is 0 Å². The molecule has 1 aliphatic carbocycles. The molecule has 5 heteroatoms. The summed E-state index contributed by atoms with van der Waals surface area (Å²) in [4.78, 5) is 30.3. The van der Waals surface area contributed by atoms with E-state index in [4.69, 9.17) is 4.42 Å². The highest BCUT2D eigenvalue weighted by molar-refractivity contribution is 6.06. The molecule has 2 aromatic carbocycles. The van der Waals surface area contributed by atoms with Gasteiger partial charge < -0.3 is 14.2 Å². The normalized spacial score (nSPS) is 20.5. The monoisotopic (exact) mass is 400 g/mol. The first kappa shape index (κ1) is 18.7. The standard InChI is InChI=1S/C25H24N2O3/c1-17-16-22(27(24(28)18-13-14-18)19-8-3-2-4-9-19)20-10-5-6-11-21(20)26(17)25(29)23-12-7-15-30-23/h2-12,15,17-18,22H,13-14,16H2,1H3. The lowest BCUT2D eigenvalue weighted by atomic mass is 9.89. The van der Waals surface area contributed by atoms with E-state index < -0.39 is 0 Å². The zero-order valence-electron chi connectivity index (χ0n) is 16.9. The molecule has 0 N–H and O–H groups in total. The highest BCUT2D eigenvalue weighted by atomic mass is 16.3. The van der Waals surface area contributed by atoms with Gasteiger partial charge >= 0.3 is 0 Å². The topological polar surface area (TPSA) is 53.8 Å². The van der Waals surface area contributed by atoms with Crippen LogP contribution in [0.4, 0.5) is 11.4 Å². The number of benzene rings is 2. The molecule has 1 aliphatic heterocycles. The molecule has 0 bridgehead atoms. The van der Waals surface area contributed by atoms with Crippen molar-refractivity contribution in [3.05, 3.63) is 84.3 Å². The van der Waals surface area contributed by atoms with Crippen LogP contribution in [-0.2, 0) is 4.79 Å². The first-order valence-corrected chi connectivity index (χ1v) is 10.5. The second-order valence-electron chi connectivity index (χ2n) is 8.13. The van der Waals surface area contributed by atoms with Crippen LogP contribution < -0.4 is 9.80 Å². The van der Waals surface area contributed by atoms with Crippen LogP contribution in [0.15, 0.2) is 77.4 Å². The van der Waals surface area contributed by atoms with Crippen molar-refractivity contribution in [2.24, 2.45) is 5.92 Å². The number of para-hydroxylation sites is 2. The number of furan rings is 1. The Balaban J connectivity index is 1.59. The molecule has 1 aromatic heterocycles. The molecular weight excluding hydrogens is 376 g/mol. The molecule has 2 aliphatic rings. The summed E-state index contributed by atoms with van der Waals surface area (Å²) < 4.78 is 5.38. The molecule has 0 spiro atoms. The number of carbonyl (C=O) groups is 2. The summed E-state index contributed by atoms with van der Waals surface area (Å²) in [5, 5.41) is 0. The zero-order chi connectivity index (χ0) is 20.7. The molecular formula is C25H24N2O3. The van der Waals surface area contributed by atoms with Gasteiger partial charge in [0.15, 0.2) is 5.76 Å². The van der Waals surface area contributed by atoms with Crippen LogP contribution in [0.25, 0.3) is 0 Å². The Morgan fingerprint density at radius 1 is 0.967 bits per heavy atom. The van der Waals surface area contributed by atoms with E-state index in [0.29, 0.717) is 12.2 Å². The minimum Gasteiger partial charge on any atom is -0.459 e. The van der Waals surface area contributed by atoms with Crippen LogP contribution in [0.5, 0.6) is 0 Å². The number of fused-ring (bicyclic) bond motifs is 1. The molecule has 0 saturated heterocycles. The Morgan fingerprint density at radius 2 is 1.70 bits per heavy atom. The maximum absolute atomic E-state index is 13.4. The Labute approximate surface area is 175 Å². The summed E-state index contributed by atoms with van der Waals surface area (Å²) >= 11 is 0. The first-order chi connectivity index (χ1) is 14.6. The van der Waals surface area contributed by atoms with Gasteiger partial charge in [-0.1, -0.05) is 36.4 Å². The van der Waals surface area contributed by atoms with E-state index in [1.165, 1.54) is 6.26 Å². The molecule has 3 aromatic rings. The fourth-order valence-corrected chi connectivity index (χ4v) is 4.43. The molecule has 2 heterocycles. The van der Waals surface area contributed by atoms with E-state index in [2.05, 4.69) is 0 Å². The molecule has 2 amide bonds. The summed E-state index contributed by atoms with van der Waals surface area (Å²) in [6, 6.07) is 21.0. The third kappa shape index (κ3) is 3.20. The molecule has 5 nitrogen and oxygen atoms in total. The maximum Gasteiger partial charge on any atom is 0.294 e. The SMILES string of the molecule is CC1CC(N(C(=O)C2CC2)c2ccccc2)c2ccccc2N1C(=O)c1ccco1. The van der Waals surface area contributed by atoms with Crippen LogP contribution in [0.2, 0.25) is 0 Å². The van der Waals surface area contributed by atoms with Crippen LogP contribution in [-0.4, -0.2) is 17.9 Å². The van der Waals surface area contributed by atoms with Crippen molar-refractivity contribution in [2.75, 3.05) is 9.80 Å². The van der Waals surface area contributed by atoms with E-state index in [1.54, 1.807) is 17.0 Å². The molecule has 2 atom stereocenters. The van der Waals surface area contributed by atoms with Gasteiger partial charge in [0.1, 0.15) is 0 Å². The number of nitrogens with zero attached hydrogens (tertiary/aromatic N) is 2. The lowest BCUT2D eigenvalue weighted by Crippen LogP contribution is -2.48. The van der Waals surface area contributed by atoms with Crippen LogP contribution in [0, 0.1) is 5.92 Å². The molecule has 152 valence electrons. The van der Waals surface area contributed by atoms with Gasteiger partial charge in [-0.2, -0.15) is 0 Å². The summed E-state index contributed by atoms with van der Waals surface area (Å²) in [6.07, 6.45) is 4.09. The van der Waals surface area contributed by atoms with Crippen molar-refractivity contribution >= 4 is 23.2 Å². The fourth-order valence-electron chi connectivity index (χ4n) is 4.43. The third-order valence-corrected chi connectivity index (χ3v) is 6.02. The van der Waals surface area contributed by atoms with Gasteiger partial charge in [0.25, 0.3) is 5.91 Å². The van der Waals surface area contributed by atoms with Gasteiger partial charge in [-0.05, 0) is 62.1 Å². The van der Waals surface area contributed by atoms with Crippen molar-refractivity contribution < 1.29 is 14.0 Å². The lowest BCUT2D eigenvalue weighted by molar-refractivity contribution is -0.120. The summed E-state index contributed by atoms with van der Waals surface area (Å²) in [5.41, 5.74) is 2.74. The smallest absolute Gasteiger partial charge is 0.294 e. The van der Waals surface area contributed by atoms with Gasteiger partial charge in [-0.3, -0.25) is 9.59 Å². The predicted molar refractivity (Wildman–Crippen MR) is 115 cm³/mol. The fraction of sp³-hybridized carbons (Fsp3) is 0.280. The lowest BCUT2D eigenvalue weighted by Gasteiger charge is -2.43. The van der Waals surface area contributed by atoms with Gasteiger partial charge in [-0.15, -0.1) is 0 Å². The molecule has 0 radical (unpaired) electrons. The number of anilines is 2. The van der Waals surface area contributed by atoms with E-state index in [-0.39, 0.29) is 29.8 Å². The van der Waals surface area contributed by atoms with Crippen molar-refractivity contribution in [1.29, 1.82) is 0 Å². The highest BCUT2D eigenvalue weighted by Gasteiger charge is 2.42. The van der Waals surface area contributed by atoms with Gasteiger partial charge in [0.05, 0.1) is 12.3 Å². The quantitative estimate of drug-likeness (QED) is 0.605. The van der Waals surface area contributed by atoms with E-state index in [9.17, 15) is 9.59 Å². The Hall–Kier alpha value is -3.34. The van der Waals surface area contributed by atoms with E-state index >= 15 is 0 Å². The summed E-state index contributed by atoms with van der Waals surface area (Å²) in [7, 11) is 0. The molecule has 1 fully saturated rings. The average Bonchev–Trinajstić information content (AvgIpc) is 3.48. The van der Waals surface area contributed by atoms with Crippen LogP contribution >= 0.6 is 0 Å². The highest BCUT2D eigenvalue weighted by Crippen LogP contribution is 2.45. The van der Waals surface area contributed by atoms with Crippen LogP contribution in [0.1, 0.15) is 48.3 Å². The second kappa shape index (κ2) is 7.48. The Kier molecular flexibility index (Phi) is 4.66. The van der Waals surface area contributed by atoms with Gasteiger partial charge in [-0.25, -0.2) is 0 Å². The molecule has 5 rings (SSSR count). The first-order valence-electron chi connectivity index (χ1n) is 10.5. The summed E-state index contributed by atoms with van der Waals surface area (Å²) in [6.45, 7) is 2.04. The largest absolute Gasteiger partial charge is 0.459 e. The molecule has 30 heavy (non-hydrogen) atoms. The maximum atomic E-state index is 13.4. The Bertz CT molecular complexity index is 1060. The van der Waals surface area contributed by atoms with Gasteiger partial charge in [0.2, 0.25) is 5.91 Å². The zero-order valence-corrected chi connectivity index (χ0v) is 16.9. The van der Waals surface area contributed by atoms with E-state index in [0.717, 1.165) is 29.8 Å². The number of amides is 2. The molecule has 2 unspecified atom stereocenters. The van der Waals surface area contributed by atoms with Crippen LogP contribution in [0.3, 0.4) is 0 Å². The summed E-state index contributed by atoms with van der Waals surface area (Å²) in [5.74, 6) is 0.455. The number of hydrogen-bond donors (Lipinski definition) is 0. The average molecular weight is 400 g/mol. The third-order valence-electron chi connectivity index (χ3n) is 6.02. The number of carbonyl (C=O) groups excluding carboxylic acids is 2. The Morgan fingerprint density at radius 3 is 2.40 bits per heavy atom. The second-order valence-corrected chi connectivity index (χ2v) is 8.13.